The highest BCUT2D eigenvalue weighted by Crippen LogP contribution is 2.28. The van der Waals surface area contributed by atoms with Crippen molar-refractivity contribution in [2.45, 2.75) is 25.8 Å². The largest absolute Gasteiger partial charge is 0.381 e. The van der Waals surface area contributed by atoms with Gasteiger partial charge in [0.1, 0.15) is 5.82 Å². The quantitative estimate of drug-likeness (QED) is 0.732. The van der Waals surface area contributed by atoms with Crippen molar-refractivity contribution in [3.8, 4) is 0 Å². The molecular formula is C14H19ClFNO. The molecule has 0 amide bonds. The van der Waals surface area contributed by atoms with Crippen molar-refractivity contribution < 1.29 is 9.13 Å². The molecule has 1 aromatic carbocycles. The predicted octanol–water partition coefficient (Wildman–Crippen LogP) is 3.39. The molecule has 1 N–H and O–H groups in total. The Balaban J connectivity index is 1.52. The average Bonchev–Trinajstić information content (AvgIpc) is 3.16. The Hall–Kier alpha value is -0.640. The van der Waals surface area contributed by atoms with Crippen molar-refractivity contribution in [1.29, 1.82) is 0 Å². The van der Waals surface area contributed by atoms with Crippen LogP contribution >= 0.6 is 11.6 Å². The van der Waals surface area contributed by atoms with Gasteiger partial charge in [0, 0.05) is 19.8 Å². The molecule has 2 rings (SSSR count). The van der Waals surface area contributed by atoms with E-state index in [0.717, 1.165) is 37.7 Å². The van der Waals surface area contributed by atoms with E-state index in [9.17, 15) is 4.39 Å². The highest BCUT2D eigenvalue weighted by molar-refractivity contribution is 6.30. The van der Waals surface area contributed by atoms with Crippen molar-refractivity contribution in [3.63, 3.8) is 0 Å². The molecule has 0 spiro atoms. The molecule has 1 fully saturated rings. The molecule has 1 saturated carbocycles. The van der Waals surface area contributed by atoms with Crippen LogP contribution in [0, 0.1) is 11.7 Å². The van der Waals surface area contributed by atoms with E-state index >= 15 is 0 Å². The number of benzene rings is 1. The van der Waals surface area contributed by atoms with Crippen LogP contribution < -0.4 is 5.32 Å². The molecule has 0 saturated heterocycles. The zero-order chi connectivity index (χ0) is 12.8. The zero-order valence-electron chi connectivity index (χ0n) is 10.4. The van der Waals surface area contributed by atoms with Crippen molar-refractivity contribution >= 4 is 11.6 Å². The molecule has 1 aromatic rings. The summed E-state index contributed by atoms with van der Waals surface area (Å²) in [4.78, 5) is 0. The van der Waals surface area contributed by atoms with Crippen LogP contribution in [0.4, 0.5) is 4.39 Å². The van der Waals surface area contributed by atoms with Gasteiger partial charge in [0.15, 0.2) is 0 Å². The number of hydrogen-bond donors (Lipinski definition) is 1. The lowest BCUT2D eigenvalue weighted by molar-refractivity contribution is 0.122. The van der Waals surface area contributed by atoms with Crippen LogP contribution in [-0.4, -0.2) is 19.8 Å². The summed E-state index contributed by atoms with van der Waals surface area (Å²) in [5.74, 6) is 0.471. The van der Waals surface area contributed by atoms with Gasteiger partial charge in [-0.05, 0) is 49.4 Å². The first-order valence-corrected chi connectivity index (χ1v) is 6.86. The molecule has 18 heavy (non-hydrogen) atoms. The molecule has 4 heteroatoms. The maximum Gasteiger partial charge on any atom is 0.142 e. The summed E-state index contributed by atoms with van der Waals surface area (Å²) in [5.41, 5.74) is 0.913. The average molecular weight is 272 g/mol. The summed E-state index contributed by atoms with van der Waals surface area (Å²) in [6.45, 7) is 3.27. The lowest BCUT2D eigenvalue weighted by atomic mass is 10.2. The molecule has 1 aliphatic carbocycles. The van der Waals surface area contributed by atoms with Gasteiger partial charge in [-0.3, -0.25) is 0 Å². The van der Waals surface area contributed by atoms with Crippen LogP contribution in [0.1, 0.15) is 24.8 Å². The molecular weight excluding hydrogens is 253 g/mol. The highest BCUT2D eigenvalue weighted by atomic mass is 35.5. The molecule has 0 bridgehead atoms. The van der Waals surface area contributed by atoms with E-state index < -0.39 is 0 Å². The molecule has 0 aliphatic heterocycles. The normalized spacial score (nSPS) is 15.0. The minimum absolute atomic E-state index is 0.173. The second-order valence-electron chi connectivity index (χ2n) is 4.80. The molecule has 2 nitrogen and oxygen atoms in total. The number of rotatable bonds is 8. The van der Waals surface area contributed by atoms with Crippen LogP contribution in [0.25, 0.3) is 0 Å². The Morgan fingerprint density at radius 1 is 1.39 bits per heavy atom. The molecule has 1 aliphatic rings. The fraction of sp³-hybridized carbons (Fsp3) is 0.571. The van der Waals surface area contributed by atoms with Gasteiger partial charge in [-0.1, -0.05) is 17.7 Å². The van der Waals surface area contributed by atoms with Crippen molar-refractivity contribution in [1.82, 2.24) is 5.32 Å². The first-order chi connectivity index (χ1) is 8.75. The third-order valence-electron chi connectivity index (χ3n) is 3.01. The SMILES string of the molecule is Fc1cc(CNCCCOCC2CC2)ccc1Cl. The third kappa shape index (κ3) is 4.92. The molecule has 0 atom stereocenters. The Kier molecular flexibility index (Phi) is 5.42. The van der Waals surface area contributed by atoms with Gasteiger partial charge in [-0.2, -0.15) is 0 Å². The summed E-state index contributed by atoms with van der Waals surface area (Å²) in [6, 6.07) is 4.90. The van der Waals surface area contributed by atoms with Gasteiger partial charge in [0.25, 0.3) is 0 Å². The molecule has 0 heterocycles. The van der Waals surface area contributed by atoms with Crippen molar-refractivity contribution in [3.05, 3.63) is 34.6 Å². The van der Waals surface area contributed by atoms with Crippen LogP contribution in [0.2, 0.25) is 5.02 Å². The zero-order valence-corrected chi connectivity index (χ0v) is 11.2. The first kappa shape index (κ1) is 13.8. The van der Waals surface area contributed by atoms with Gasteiger partial charge in [0.05, 0.1) is 5.02 Å². The fourth-order valence-corrected chi connectivity index (χ4v) is 1.83. The van der Waals surface area contributed by atoms with E-state index in [1.807, 2.05) is 6.07 Å². The lowest BCUT2D eigenvalue weighted by Crippen LogP contribution is -2.16. The minimum atomic E-state index is -0.358. The second kappa shape index (κ2) is 7.07. The lowest BCUT2D eigenvalue weighted by Gasteiger charge is -2.06. The van der Waals surface area contributed by atoms with Gasteiger partial charge < -0.3 is 10.1 Å². The van der Waals surface area contributed by atoms with E-state index in [1.54, 1.807) is 6.07 Å². The summed E-state index contributed by atoms with van der Waals surface area (Å²) in [7, 11) is 0. The van der Waals surface area contributed by atoms with E-state index in [0.29, 0.717) is 6.54 Å². The number of hydrogen-bond acceptors (Lipinski definition) is 2. The monoisotopic (exact) mass is 271 g/mol. The van der Waals surface area contributed by atoms with Crippen LogP contribution in [-0.2, 0) is 11.3 Å². The van der Waals surface area contributed by atoms with Gasteiger partial charge >= 0.3 is 0 Å². The topological polar surface area (TPSA) is 21.3 Å². The second-order valence-corrected chi connectivity index (χ2v) is 5.20. The van der Waals surface area contributed by atoms with Crippen LogP contribution in [0.3, 0.4) is 0 Å². The number of halogens is 2. The Morgan fingerprint density at radius 3 is 2.94 bits per heavy atom. The van der Waals surface area contributed by atoms with E-state index in [4.69, 9.17) is 16.3 Å². The van der Waals surface area contributed by atoms with E-state index in [2.05, 4.69) is 5.32 Å². The minimum Gasteiger partial charge on any atom is -0.381 e. The maximum atomic E-state index is 13.2. The summed E-state index contributed by atoms with van der Waals surface area (Å²) in [5, 5.41) is 3.44. The fourth-order valence-electron chi connectivity index (χ4n) is 1.72. The molecule has 0 unspecified atom stereocenters. The maximum absolute atomic E-state index is 13.2. The van der Waals surface area contributed by atoms with Gasteiger partial charge in [-0.15, -0.1) is 0 Å². The Bertz CT molecular complexity index is 382. The summed E-state index contributed by atoms with van der Waals surface area (Å²) >= 11 is 5.62. The smallest absolute Gasteiger partial charge is 0.142 e. The molecule has 0 radical (unpaired) electrons. The third-order valence-corrected chi connectivity index (χ3v) is 3.31. The standard InChI is InChI=1S/C14H19ClFNO/c15-13-5-4-12(8-14(13)16)9-17-6-1-7-18-10-11-2-3-11/h4-5,8,11,17H,1-3,6-7,9-10H2. The first-order valence-electron chi connectivity index (χ1n) is 6.48. The van der Waals surface area contributed by atoms with Crippen molar-refractivity contribution in [2.75, 3.05) is 19.8 Å². The van der Waals surface area contributed by atoms with E-state index in [1.165, 1.54) is 18.9 Å². The Labute approximate surface area is 112 Å². The van der Waals surface area contributed by atoms with Gasteiger partial charge in [-0.25, -0.2) is 4.39 Å². The highest BCUT2D eigenvalue weighted by Gasteiger charge is 2.20. The van der Waals surface area contributed by atoms with E-state index in [-0.39, 0.29) is 10.8 Å². The van der Waals surface area contributed by atoms with Gasteiger partial charge in [0.2, 0.25) is 0 Å². The number of ether oxygens (including phenoxy) is 1. The van der Waals surface area contributed by atoms with Crippen LogP contribution in [0.15, 0.2) is 18.2 Å². The number of nitrogens with one attached hydrogen (secondary N) is 1. The molecule has 0 aromatic heterocycles. The molecule has 100 valence electrons. The summed E-state index contributed by atoms with van der Waals surface area (Å²) < 4.78 is 18.7. The summed E-state index contributed by atoms with van der Waals surface area (Å²) in [6.07, 6.45) is 3.66. The van der Waals surface area contributed by atoms with Crippen LogP contribution in [0.5, 0.6) is 0 Å². The van der Waals surface area contributed by atoms with Crippen molar-refractivity contribution in [2.24, 2.45) is 5.92 Å². The predicted molar refractivity (Wildman–Crippen MR) is 71.3 cm³/mol. The Morgan fingerprint density at radius 2 is 2.22 bits per heavy atom.